The van der Waals surface area contributed by atoms with Crippen molar-refractivity contribution in [3.8, 4) is 0 Å². The molecule has 2 aromatic carbocycles. The largest absolute Gasteiger partial charge is 0.207 e. The normalized spacial score (nSPS) is 10.5. The van der Waals surface area contributed by atoms with Gasteiger partial charge < -0.3 is 0 Å². The average molecular weight is 376 g/mol. The van der Waals surface area contributed by atoms with Crippen molar-refractivity contribution >= 4 is 43.6 Å². The molecule has 0 fully saturated rings. The molecule has 0 aliphatic rings. The second-order valence-corrected chi connectivity index (χ2v) is 6.40. The molecule has 0 bridgehead atoms. The molecule has 0 nitrogen and oxygen atoms in total. The third-order valence-electron chi connectivity index (χ3n) is 2.12. The first kappa shape index (κ1) is 13.1. The van der Waals surface area contributed by atoms with Gasteiger partial charge in [0.25, 0.3) is 0 Å². The van der Waals surface area contributed by atoms with Gasteiger partial charge in [-0.1, -0.05) is 37.9 Å². The van der Waals surface area contributed by atoms with Gasteiger partial charge >= 0.3 is 0 Å². The molecule has 0 radical (unpaired) electrons. The fourth-order valence-corrected chi connectivity index (χ4v) is 3.37. The van der Waals surface area contributed by atoms with Gasteiger partial charge in [-0.05, 0) is 42.0 Å². The van der Waals surface area contributed by atoms with E-state index in [0.29, 0.717) is 0 Å². The van der Waals surface area contributed by atoms with Crippen molar-refractivity contribution in [1.82, 2.24) is 0 Å². The highest BCUT2D eigenvalue weighted by Crippen LogP contribution is 2.26. The predicted octanol–water partition coefficient (Wildman–Crippen LogP) is 5.64. The minimum Gasteiger partial charge on any atom is -0.207 e. The van der Waals surface area contributed by atoms with E-state index in [1.165, 1.54) is 11.0 Å². The summed E-state index contributed by atoms with van der Waals surface area (Å²) in [6.45, 7) is 0. The molecule has 17 heavy (non-hydrogen) atoms. The summed E-state index contributed by atoms with van der Waals surface area (Å²) in [5.41, 5.74) is 0.974. The van der Waals surface area contributed by atoms with Crippen molar-refractivity contribution in [2.24, 2.45) is 0 Å². The molecule has 0 saturated heterocycles. The molecule has 0 saturated carbocycles. The van der Waals surface area contributed by atoms with Gasteiger partial charge in [0.2, 0.25) is 0 Å². The Morgan fingerprint density at radius 1 is 1.00 bits per heavy atom. The molecule has 0 aliphatic carbocycles. The van der Waals surface area contributed by atoms with E-state index < -0.39 is 0 Å². The average Bonchev–Trinajstić information content (AvgIpc) is 2.25. The molecular formula is C13H9Br2FS. The van der Waals surface area contributed by atoms with Crippen molar-refractivity contribution in [2.75, 3.05) is 0 Å². The second kappa shape index (κ2) is 6.03. The van der Waals surface area contributed by atoms with Gasteiger partial charge in [0, 0.05) is 19.6 Å². The third kappa shape index (κ3) is 4.12. The van der Waals surface area contributed by atoms with Crippen LogP contribution in [0.25, 0.3) is 0 Å². The molecule has 0 amide bonds. The van der Waals surface area contributed by atoms with E-state index in [1.807, 2.05) is 24.3 Å². The van der Waals surface area contributed by atoms with Crippen molar-refractivity contribution in [2.45, 2.75) is 10.6 Å². The van der Waals surface area contributed by atoms with Gasteiger partial charge in [-0.3, -0.25) is 0 Å². The van der Waals surface area contributed by atoms with Crippen LogP contribution in [0, 0.1) is 5.82 Å². The molecule has 0 heterocycles. The second-order valence-electron chi connectivity index (χ2n) is 3.52. The molecule has 0 aliphatic heterocycles. The van der Waals surface area contributed by atoms with Gasteiger partial charge in [0.05, 0.1) is 0 Å². The van der Waals surface area contributed by atoms with E-state index in [1.54, 1.807) is 17.8 Å². The van der Waals surface area contributed by atoms with E-state index in [2.05, 4.69) is 37.9 Å². The summed E-state index contributed by atoms with van der Waals surface area (Å²) in [4.78, 5) is 1.17. The Balaban J connectivity index is 2.07. The lowest BCUT2D eigenvalue weighted by Gasteiger charge is -2.03. The number of thioether (sulfide) groups is 1. The van der Waals surface area contributed by atoms with Gasteiger partial charge in [-0.25, -0.2) is 4.39 Å². The maximum Gasteiger partial charge on any atom is 0.124 e. The minimum atomic E-state index is -0.204. The zero-order valence-corrected chi connectivity index (χ0v) is 12.8. The Morgan fingerprint density at radius 3 is 2.53 bits per heavy atom. The Morgan fingerprint density at radius 2 is 1.82 bits per heavy atom. The lowest BCUT2D eigenvalue weighted by atomic mass is 10.2. The molecular weight excluding hydrogens is 367 g/mol. The predicted molar refractivity (Wildman–Crippen MR) is 77.8 cm³/mol. The molecule has 0 unspecified atom stereocenters. The van der Waals surface area contributed by atoms with E-state index in [-0.39, 0.29) is 5.82 Å². The minimum absolute atomic E-state index is 0.204. The summed E-state index contributed by atoms with van der Waals surface area (Å²) < 4.78 is 15.0. The Bertz CT molecular complexity index is 508. The van der Waals surface area contributed by atoms with Crippen molar-refractivity contribution in [3.05, 3.63) is 62.8 Å². The summed E-state index contributed by atoms with van der Waals surface area (Å²) in [7, 11) is 0. The van der Waals surface area contributed by atoms with Crippen LogP contribution in [0.3, 0.4) is 0 Å². The molecule has 88 valence electrons. The fraction of sp³-hybridized carbons (Fsp3) is 0.0769. The highest BCUT2D eigenvalue weighted by molar-refractivity contribution is 9.10. The van der Waals surface area contributed by atoms with Crippen LogP contribution in [-0.2, 0) is 5.75 Å². The number of hydrogen-bond donors (Lipinski definition) is 0. The van der Waals surface area contributed by atoms with Crippen LogP contribution in [-0.4, -0.2) is 0 Å². The summed E-state index contributed by atoms with van der Waals surface area (Å²) in [6, 6.07) is 13.1. The molecule has 2 aromatic rings. The highest BCUT2D eigenvalue weighted by atomic mass is 79.9. The monoisotopic (exact) mass is 374 g/mol. The Labute approximate surface area is 121 Å². The van der Waals surface area contributed by atoms with Crippen LogP contribution in [0.4, 0.5) is 4.39 Å². The van der Waals surface area contributed by atoms with E-state index >= 15 is 0 Å². The van der Waals surface area contributed by atoms with Crippen LogP contribution in [0.2, 0.25) is 0 Å². The number of halogens is 3. The SMILES string of the molecule is Fc1cc(Br)cc(CSc2cccc(Br)c2)c1. The first-order valence-electron chi connectivity index (χ1n) is 4.97. The van der Waals surface area contributed by atoms with Gasteiger partial charge in [0.1, 0.15) is 5.82 Å². The molecule has 0 spiro atoms. The van der Waals surface area contributed by atoms with E-state index in [9.17, 15) is 4.39 Å². The first-order chi connectivity index (χ1) is 8.13. The van der Waals surface area contributed by atoms with Crippen LogP contribution in [0.5, 0.6) is 0 Å². The Kier molecular flexibility index (Phi) is 4.65. The summed E-state index contributed by atoms with van der Waals surface area (Å²) in [5, 5.41) is 0. The van der Waals surface area contributed by atoms with Gasteiger partial charge in [-0.15, -0.1) is 11.8 Å². The van der Waals surface area contributed by atoms with E-state index in [4.69, 9.17) is 0 Å². The molecule has 0 N–H and O–H groups in total. The summed E-state index contributed by atoms with van der Waals surface area (Å²) in [5.74, 6) is 0.552. The van der Waals surface area contributed by atoms with Crippen molar-refractivity contribution < 1.29 is 4.39 Å². The van der Waals surface area contributed by atoms with Crippen LogP contribution in [0.1, 0.15) is 5.56 Å². The Hall–Kier alpha value is -0.320. The molecule has 2 rings (SSSR count). The summed E-state index contributed by atoms with van der Waals surface area (Å²) in [6.07, 6.45) is 0. The smallest absolute Gasteiger partial charge is 0.124 e. The van der Waals surface area contributed by atoms with Gasteiger partial charge in [-0.2, -0.15) is 0 Å². The third-order valence-corrected chi connectivity index (χ3v) is 4.14. The van der Waals surface area contributed by atoms with Crippen LogP contribution >= 0.6 is 43.6 Å². The maximum atomic E-state index is 13.2. The molecule has 0 atom stereocenters. The number of rotatable bonds is 3. The van der Waals surface area contributed by atoms with Gasteiger partial charge in [0.15, 0.2) is 0 Å². The molecule has 0 aromatic heterocycles. The van der Waals surface area contributed by atoms with E-state index in [0.717, 1.165) is 20.3 Å². The van der Waals surface area contributed by atoms with Crippen LogP contribution in [0.15, 0.2) is 56.3 Å². The topological polar surface area (TPSA) is 0 Å². The van der Waals surface area contributed by atoms with Crippen LogP contribution < -0.4 is 0 Å². The fourth-order valence-electron chi connectivity index (χ4n) is 1.42. The van der Waals surface area contributed by atoms with Crippen molar-refractivity contribution in [3.63, 3.8) is 0 Å². The lowest BCUT2D eigenvalue weighted by molar-refractivity contribution is 0.625. The number of hydrogen-bond acceptors (Lipinski definition) is 1. The molecule has 4 heteroatoms. The highest BCUT2D eigenvalue weighted by Gasteiger charge is 2.01. The number of benzene rings is 2. The zero-order chi connectivity index (χ0) is 12.3. The standard InChI is InChI=1S/C13H9Br2FS/c14-10-2-1-3-13(7-10)17-8-9-4-11(15)6-12(16)5-9/h1-7H,8H2. The van der Waals surface area contributed by atoms with Crippen molar-refractivity contribution in [1.29, 1.82) is 0 Å². The first-order valence-corrected chi connectivity index (χ1v) is 7.54. The quantitative estimate of drug-likeness (QED) is 0.625. The summed E-state index contributed by atoms with van der Waals surface area (Å²) >= 11 is 8.41. The zero-order valence-electron chi connectivity index (χ0n) is 8.79. The maximum absolute atomic E-state index is 13.2. The lowest BCUT2D eigenvalue weighted by Crippen LogP contribution is -1.84.